The van der Waals surface area contributed by atoms with Crippen LogP contribution < -0.4 is 54.5 Å². The molecule has 0 saturated carbocycles. The summed E-state index contributed by atoms with van der Waals surface area (Å²) in [6.45, 7) is 1.46. The van der Waals surface area contributed by atoms with E-state index in [0.29, 0.717) is 40.2 Å². The van der Waals surface area contributed by atoms with E-state index in [9.17, 15) is 4.79 Å². The first-order chi connectivity index (χ1) is 22.5. The van der Waals surface area contributed by atoms with Crippen molar-refractivity contribution in [2.75, 3.05) is 33.8 Å². The van der Waals surface area contributed by atoms with Crippen molar-refractivity contribution in [2.24, 2.45) is 0 Å². The minimum atomic E-state index is -1.57. The summed E-state index contributed by atoms with van der Waals surface area (Å²) in [5.74, 6) is 3.39. The molecule has 0 atom stereocenters. The highest BCUT2D eigenvalue weighted by Gasteiger charge is 2.29. The van der Waals surface area contributed by atoms with E-state index in [4.69, 9.17) is 28.0 Å². The zero-order chi connectivity index (χ0) is 32.5. The third-order valence-electron chi connectivity index (χ3n) is 6.86. The molecule has 1 amide bonds. The number of anilines is 1. The normalized spacial score (nSPS) is 10.8. The smallest absolute Gasteiger partial charge is 0.221 e. The molecule has 0 heterocycles. The zero-order valence-electron chi connectivity index (χ0n) is 26.2. The van der Waals surface area contributed by atoms with Gasteiger partial charge in [0.25, 0.3) is 0 Å². The molecule has 0 aliphatic carbocycles. The average Bonchev–Trinajstić information content (AvgIpc) is 3.10. The van der Waals surface area contributed by atoms with Crippen molar-refractivity contribution in [2.45, 2.75) is 6.92 Å². The van der Waals surface area contributed by atoms with Crippen molar-refractivity contribution < 1.29 is 32.8 Å². The lowest BCUT2D eigenvalue weighted by molar-refractivity contribution is -0.114. The predicted octanol–water partition coefficient (Wildman–Crippen LogP) is 6.53. The lowest BCUT2D eigenvalue weighted by Gasteiger charge is -2.27. The number of methoxy groups -OCH3 is 4. The fraction of sp³-hybridized carbons (Fsp3) is 0.139. The number of hydrogen-bond donors (Lipinski definition) is 1. The molecule has 5 aromatic rings. The van der Waals surface area contributed by atoms with Crippen LogP contribution in [0.4, 0.5) is 5.69 Å². The van der Waals surface area contributed by atoms with Gasteiger partial charge in [0, 0.05) is 18.7 Å². The molecule has 5 aromatic carbocycles. The quantitative estimate of drug-likeness (QED) is 0.144. The Morgan fingerprint density at radius 3 is 1.17 bits per heavy atom. The van der Waals surface area contributed by atoms with E-state index in [-0.39, 0.29) is 5.91 Å². The van der Waals surface area contributed by atoms with Crippen LogP contribution in [0.15, 0.2) is 115 Å². The monoisotopic (exact) mass is 655 g/mol. The van der Waals surface area contributed by atoms with Crippen LogP contribution in [0.2, 0.25) is 0 Å². The van der Waals surface area contributed by atoms with Crippen LogP contribution in [0, 0.1) is 0 Å². The number of carbonyl (C=O) groups excluding carboxylic acids is 1. The summed E-state index contributed by atoms with van der Waals surface area (Å²) < 4.78 is 37.1. The molecule has 0 radical (unpaired) electrons. The van der Waals surface area contributed by atoms with Gasteiger partial charge in [-0.25, -0.2) is 0 Å². The summed E-state index contributed by atoms with van der Waals surface area (Å²) in [7, 11) is 3.44. The Morgan fingerprint density at radius 2 is 0.826 bits per heavy atom. The van der Waals surface area contributed by atoms with Crippen LogP contribution in [0.1, 0.15) is 6.92 Å². The molecule has 0 spiro atoms. The predicted molar refractivity (Wildman–Crippen MR) is 186 cm³/mol. The van der Waals surface area contributed by atoms with Crippen LogP contribution in [-0.2, 0) is 4.79 Å². The number of amides is 1. The van der Waals surface area contributed by atoms with Gasteiger partial charge in [-0.05, 0) is 60.7 Å². The number of ether oxygens (including phenoxy) is 4. The Kier molecular flexibility index (Phi) is 11.0. The van der Waals surface area contributed by atoms with Crippen molar-refractivity contribution in [1.82, 2.24) is 0 Å². The maximum atomic E-state index is 12.1. The number of para-hydroxylation sites is 4. The van der Waals surface area contributed by atoms with Gasteiger partial charge in [0.2, 0.25) is 5.91 Å². The topological polar surface area (TPSA) is 84.5 Å². The van der Waals surface area contributed by atoms with Crippen LogP contribution in [0.5, 0.6) is 34.5 Å². The molecular weight excluding hydrogens is 620 g/mol. The second-order valence-corrected chi connectivity index (χ2v) is 13.3. The molecule has 46 heavy (non-hydrogen) atoms. The van der Waals surface area contributed by atoms with Crippen molar-refractivity contribution in [3.63, 3.8) is 0 Å². The minimum Gasteiger partial charge on any atom is -0.496 e. The number of rotatable bonds is 13. The molecule has 1 N–H and O–H groups in total. The maximum Gasteiger partial charge on any atom is 0.221 e. The van der Waals surface area contributed by atoms with E-state index in [1.807, 2.05) is 97.1 Å². The molecule has 0 unspecified atom stereocenters. The summed E-state index contributed by atoms with van der Waals surface area (Å²) in [6.07, 6.45) is 0. The fourth-order valence-electron chi connectivity index (χ4n) is 4.78. The Morgan fingerprint density at radius 1 is 0.478 bits per heavy atom. The zero-order valence-corrected chi connectivity index (χ0v) is 28.0. The van der Waals surface area contributed by atoms with Gasteiger partial charge in [-0.2, -0.15) is 0 Å². The number of benzene rings is 5. The number of hydrogen-bond acceptors (Lipinski definition) is 7. The van der Waals surface area contributed by atoms with Gasteiger partial charge < -0.3 is 33.3 Å². The summed E-state index contributed by atoms with van der Waals surface area (Å²) in [5.41, 5.74) is 0.559. The third-order valence-corrected chi connectivity index (χ3v) is 10.8. The third kappa shape index (κ3) is 7.37. The Hall–Kier alpha value is -4.77. The van der Waals surface area contributed by atoms with Crippen LogP contribution in [0.3, 0.4) is 0 Å². The van der Waals surface area contributed by atoms with Crippen LogP contribution in [0.25, 0.3) is 0 Å². The number of carbonyl (C=O) groups is 1. The van der Waals surface area contributed by atoms with Gasteiger partial charge >= 0.3 is 0 Å². The van der Waals surface area contributed by atoms with Crippen molar-refractivity contribution >= 4 is 49.1 Å². The molecule has 10 heteroatoms. The number of nitrogens with one attached hydrogen (secondary N) is 1. The molecule has 0 aromatic heterocycles. The molecule has 0 aliphatic heterocycles. The molecule has 5 rings (SSSR count). The van der Waals surface area contributed by atoms with Gasteiger partial charge in [0.1, 0.15) is 23.0 Å². The van der Waals surface area contributed by atoms with E-state index in [1.165, 1.54) is 6.92 Å². The first kappa shape index (κ1) is 32.6. The lowest BCUT2D eigenvalue weighted by Crippen LogP contribution is -2.21. The summed E-state index contributed by atoms with van der Waals surface area (Å²) in [4.78, 5) is 12.1. The van der Waals surface area contributed by atoms with Crippen LogP contribution >= 0.6 is 16.3 Å². The molecule has 0 fully saturated rings. The van der Waals surface area contributed by atoms with E-state index < -0.39 is 16.3 Å². The van der Waals surface area contributed by atoms with E-state index in [0.717, 1.165) is 21.2 Å². The average molecular weight is 656 g/mol. The maximum absolute atomic E-state index is 12.1. The Labute approximate surface area is 271 Å². The van der Waals surface area contributed by atoms with Crippen molar-refractivity contribution in [1.29, 1.82) is 0 Å². The fourth-order valence-corrected chi connectivity index (χ4v) is 8.73. The summed E-state index contributed by atoms with van der Waals surface area (Å²) in [6, 6.07) is 36.4. The molecule has 0 saturated heterocycles. The van der Waals surface area contributed by atoms with E-state index in [2.05, 4.69) is 5.32 Å². The summed E-state index contributed by atoms with van der Waals surface area (Å²) >= 11 is 0. The second-order valence-electron chi connectivity index (χ2n) is 9.80. The first-order valence-corrected chi connectivity index (χ1v) is 16.9. The molecule has 236 valence electrons. The first-order valence-electron chi connectivity index (χ1n) is 14.4. The second kappa shape index (κ2) is 15.5. The standard InChI is InChI=1S/C36H35NO7P2/c1-25(38)37-26-22-23-27(43-45(33-18-10-6-14-28(33)39-2)34-19-11-7-15-29(34)40-3)32(24-26)44-46(35-20-12-8-16-30(35)41-4)36-21-13-9-17-31(36)42-5/h6-24H,1-5H3,(H,37,38). The van der Waals surface area contributed by atoms with Gasteiger partial charge in [-0.15, -0.1) is 0 Å². The SMILES string of the molecule is COc1ccccc1P(Oc1ccc(NC(C)=O)cc1OP(c1ccccc1OC)c1ccccc1OC)c1ccccc1OC. The highest BCUT2D eigenvalue weighted by molar-refractivity contribution is 7.69. The highest BCUT2D eigenvalue weighted by Crippen LogP contribution is 2.50. The van der Waals surface area contributed by atoms with E-state index >= 15 is 0 Å². The molecule has 0 bridgehead atoms. The van der Waals surface area contributed by atoms with Gasteiger partial charge in [0.05, 0.1) is 49.7 Å². The largest absolute Gasteiger partial charge is 0.496 e. The highest BCUT2D eigenvalue weighted by atomic mass is 31.1. The van der Waals surface area contributed by atoms with Crippen molar-refractivity contribution in [3.8, 4) is 34.5 Å². The van der Waals surface area contributed by atoms with Crippen LogP contribution in [-0.4, -0.2) is 34.3 Å². The van der Waals surface area contributed by atoms with Gasteiger partial charge in [0.15, 0.2) is 27.8 Å². The van der Waals surface area contributed by atoms with Gasteiger partial charge in [-0.1, -0.05) is 48.5 Å². The molecule has 8 nitrogen and oxygen atoms in total. The molecular formula is C36H35NO7P2. The van der Waals surface area contributed by atoms with E-state index in [1.54, 1.807) is 46.6 Å². The van der Waals surface area contributed by atoms with Crippen molar-refractivity contribution in [3.05, 3.63) is 115 Å². The van der Waals surface area contributed by atoms with Gasteiger partial charge in [-0.3, -0.25) is 4.79 Å². The minimum absolute atomic E-state index is 0.207. The lowest BCUT2D eigenvalue weighted by atomic mass is 10.3. The summed E-state index contributed by atoms with van der Waals surface area (Å²) in [5, 5.41) is 6.28. The molecule has 0 aliphatic rings. The Balaban J connectivity index is 1.69. The Bertz CT molecular complexity index is 1700.